The van der Waals surface area contributed by atoms with Crippen LogP contribution in [0.4, 0.5) is 23.0 Å². The fraction of sp³-hybridized carbons (Fsp3) is 0.310. The SMILES string of the molecule is COc1cc(N(C)CCN(C)C)c(N)cc1Nc1ncc(-c2nnco2)c(-c2cn3c4c(cccc24)CCC3)n1. The van der Waals surface area contributed by atoms with Crippen LogP contribution in [0.15, 0.2) is 53.5 Å². The molecule has 6 rings (SSSR count). The van der Waals surface area contributed by atoms with E-state index in [9.17, 15) is 0 Å². The zero-order valence-electron chi connectivity index (χ0n) is 23.2. The van der Waals surface area contributed by atoms with E-state index in [4.69, 9.17) is 19.9 Å². The molecule has 0 unspecified atom stereocenters. The normalized spacial score (nSPS) is 12.7. The fourth-order valence-corrected chi connectivity index (χ4v) is 5.31. The molecule has 11 heteroatoms. The first-order chi connectivity index (χ1) is 19.4. The highest BCUT2D eigenvalue weighted by atomic mass is 16.5. The summed E-state index contributed by atoms with van der Waals surface area (Å²) >= 11 is 0. The molecule has 1 aliphatic rings. The lowest BCUT2D eigenvalue weighted by molar-refractivity contribution is 0.413. The largest absolute Gasteiger partial charge is 0.494 e. The van der Waals surface area contributed by atoms with Crippen molar-refractivity contribution in [3.05, 3.63) is 54.7 Å². The van der Waals surface area contributed by atoms with E-state index in [1.807, 2.05) is 33.3 Å². The van der Waals surface area contributed by atoms with Crippen molar-refractivity contribution in [2.24, 2.45) is 0 Å². The highest BCUT2D eigenvalue weighted by molar-refractivity contribution is 6.00. The molecule has 11 nitrogen and oxygen atoms in total. The van der Waals surface area contributed by atoms with Crippen molar-refractivity contribution in [3.8, 4) is 28.5 Å². The Morgan fingerprint density at radius 3 is 2.80 bits per heavy atom. The number of rotatable bonds is 9. The molecular weight excluding hydrogens is 506 g/mol. The van der Waals surface area contributed by atoms with Crippen LogP contribution in [0.25, 0.3) is 33.6 Å². The summed E-state index contributed by atoms with van der Waals surface area (Å²) in [5.41, 5.74) is 13.6. The minimum absolute atomic E-state index is 0.361. The molecule has 0 amide bonds. The molecule has 4 heterocycles. The number of anilines is 4. The van der Waals surface area contributed by atoms with E-state index in [0.29, 0.717) is 40.2 Å². The number of aromatic nitrogens is 5. The molecule has 206 valence electrons. The smallest absolute Gasteiger partial charge is 0.251 e. The lowest BCUT2D eigenvalue weighted by Gasteiger charge is -2.24. The van der Waals surface area contributed by atoms with Crippen LogP contribution >= 0.6 is 0 Å². The number of hydrogen-bond acceptors (Lipinski definition) is 10. The third kappa shape index (κ3) is 4.68. The molecule has 0 spiro atoms. The topological polar surface area (TPSA) is 123 Å². The molecule has 40 heavy (non-hydrogen) atoms. The second kappa shape index (κ2) is 10.5. The second-order valence-electron chi connectivity index (χ2n) is 10.3. The monoisotopic (exact) mass is 539 g/mol. The third-order valence-corrected chi connectivity index (χ3v) is 7.35. The quantitative estimate of drug-likeness (QED) is 0.260. The maximum Gasteiger partial charge on any atom is 0.251 e. The van der Waals surface area contributed by atoms with Gasteiger partial charge in [0.2, 0.25) is 12.3 Å². The Balaban J connectivity index is 1.41. The molecular formula is C29H33N9O2. The van der Waals surface area contributed by atoms with Crippen LogP contribution in [0.1, 0.15) is 12.0 Å². The number of nitrogens with one attached hydrogen (secondary N) is 1. The van der Waals surface area contributed by atoms with Crippen molar-refractivity contribution in [2.75, 3.05) is 57.3 Å². The van der Waals surface area contributed by atoms with Crippen LogP contribution in [0.2, 0.25) is 0 Å². The molecule has 3 aromatic heterocycles. The second-order valence-corrected chi connectivity index (χ2v) is 10.3. The van der Waals surface area contributed by atoms with Crippen LogP contribution in [0.5, 0.6) is 5.75 Å². The van der Waals surface area contributed by atoms with Crippen molar-refractivity contribution in [3.63, 3.8) is 0 Å². The van der Waals surface area contributed by atoms with Gasteiger partial charge in [0, 0.05) is 56.1 Å². The number of likely N-dealkylation sites (N-methyl/N-ethyl adjacent to an activating group) is 2. The van der Waals surface area contributed by atoms with Gasteiger partial charge in [-0.1, -0.05) is 18.2 Å². The number of benzene rings is 2. The average molecular weight is 540 g/mol. The maximum atomic E-state index is 6.49. The van der Waals surface area contributed by atoms with Crippen LogP contribution in [0.3, 0.4) is 0 Å². The van der Waals surface area contributed by atoms with E-state index in [-0.39, 0.29) is 0 Å². The van der Waals surface area contributed by atoms with Gasteiger partial charge in [0.25, 0.3) is 5.89 Å². The van der Waals surface area contributed by atoms with Crippen molar-refractivity contribution in [2.45, 2.75) is 19.4 Å². The van der Waals surface area contributed by atoms with Gasteiger partial charge in [-0.2, -0.15) is 0 Å². The number of nitrogens with zero attached hydrogens (tertiary/aromatic N) is 7. The molecule has 0 atom stereocenters. The molecule has 0 saturated heterocycles. The number of aryl methyl sites for hydroxylation is 2. The predicted octanol–water partition coefficient (Wildman–Crippen LogP) is 4.43. The Kier molecular flexibility index (Phi) is 6.72. The number of para-hydroxylation sites is 1. The van der Waals surface area contributed by atoms with E-state index < -0.39 is 0 Å². The first kappa shape index (κ1) is 25.6. The minimum atomic E-state index is 0.361. The molecule has 0 radical (unpaired) electrons. The van der Waals surface area contributed by atoms with E-state index >= 15 is 0 Å². The first-order valence-corrected chi connectivity index (χ1v) is 13.3. The molecule has 0 bridgehead atoms. The van der Waals surface area contributed by atoms with E-state index in [1.165, 1.54) is 17.5 Å². The molecule has 3 N–H and O–H groups in total. The zero-order valence-corrected chi connectivity index (χ0v) is 23.2. The summed E-state index contributed by atoms with van der Waals surface area (Å²) in [6.07, 6.45) is 7.36. The summed E-state index contributed by atoms with van der Waals surface area (Å²) < 4.78 is 13.6. The van der Waals surface area contributed by atoms with Gasteiger partial charge < -0.3 is 34.6 Å². The Labute approximate surface area is 232 Å². The predicted molar refractivity (Wildman–Crippen MR) is 157 cm³/mol. The molecule has 2 aromatic carbocycles. The Morgan fingerprint density at radius 2 is 2.02 bits per heavy atom. The Hall–Kier alpha value is -4.64. The molecule has 0 aliphatic carbocycles. The number of nitrogens with two attached hydrogens (primary N) is 1. The lowest BCUT2D eigenvalue weighted by Crippen LogP contribution is -2.29. The van der Waals surface area contributed by atoms with Gasteiger partial charge in [0.15, 0.2) is 0 Å². The molecule has 0 fully saturated rings. The van der Waals surface area contributed by atoms with E-state index in [1.54, 1.807) is 13.3 Å². The number of nitrogen functional groups attached to an aromatic ring is 1. The van der Waals surface area contributed by atoms with Crippen LogP contribution in [0, 0.1) is 0 Å². The molecule has 5 aromatic rings. The summed E-state index contributed by atoms with van der Waals surface area (Å²) in [5.74, 6) is 1.40. The van der Waals surface area contributed by atoms with Gasteiger partial charge in [-0.25, -0.2) is 9.97 Å². The molecule has 1 aliphatic heterocycles. The highest BCUT2D eigenvalue weighted by Gasteiger charge is 2.23. The first-order valence-electron chi connectivity index (χ1n) is 13.3. The number of hydrogen-bond donors (Lipinski definition) is 2. The zero-order chi connectivity index (χ0) is 27.8. The van der Waals surface area contributed by atoms with Gasteiger partial charge >= 0.3 is 0 Å². The lowest BCUT2D eigenvalue weighted by atomic mass is 10.0. The van der Waals surface area contributed by atoms with Crippen molar-refractivity contribution < 1.29 is 9.15 Å². The summed E-state index contributed by atoms with van der Waals surface area (Å²) in [5, 5.41) is 12.5. The van der Waals surface area contributed by atoms with Gasteiger partial charge in [-0.3, -0.25) is 0 Å². The third-order valence-electron chi connectivity index (χ3n) is 7.35. The van der Waals surface area contributed by atoms with E-state index in [2.05, 4.69) is 59.3 Å². The Bertz CT molecular complexity index is 1660. The van der Waals surface area contributed by atoms with Crippen LogP contribution < -0.4 is 20.7 Å². The highest BCUT2D eigenvalue weighted by Crippen LogP contribution is 2.40. The summed E-state index contributed by atoms with van der Waals surface area (Å²) in [4.78, 5) is 13.8. The maximum absolute atomic E-state index is 6.49. The summed E-state index contributed by atoms with van der Waals surface area (Å²) in [7, 11) is 7.76. The van der Waals surface area contributed by atoms with Crippen LogP contribution in [-0.2, 0) is 13.0 Å². The summed E-state index contributed by atoms with van der Waals surface area (Å²) in [6, 6.07) is 10.2. The molecule has 0 saturated carbocycles. The van der Waals surface area contributed by atoms with Crippen LogP contribution in [-0.4, -0.2) is 71.0 Å². The summed E-state index contributed by atoms with van der Waals surface area (Å²) in [6.45, 7) is 2.69. The van der Waals surface area contributed by atoms with Gasteiger partial charge in [0.05, 0.1) is 40.9 Å². The number of methoxy groups -OCH3 is 1. The fourth-order valence-electron chi connectivity index (χ4n) is 5.31. The average Bonchev–Trinajstić information content (AvgIpc) is 3.62. The van der Waals surface area contributed by atoms with Gasteiger partial charge in [-0.05, 0) is 38.6 Å². The van der Waals surface area contributed by atoms with E-state index in [0.717, 1.165) is 49.1 Å². The minimum Gasteiger partial charge on any atom is -0.494 e. The van der Waals surface area contributed by atoms with Crippen molar-refractivity contribution in [1.82, 2.24) is 29.6 Å². The van der Waals surface area contributed by atoms with Gasteiger partial charge in [0.1, 0.15) is 5.75 Å². The van der Waals surface area contributed by atoms with Crippen molar-refractivity contribution in [1.29, 1.82) is 0 Å². The van der Waals surface area contributed by atoms with Gasteiger partial charge in [-0.15, -0.1) is 10.2 Å². The Morgan fingerprint density at radius 1 is 1.15 bits per heavy atom. The standard InChI is InChI=1S/C29H33N9O2/c1-36(2)11-12-37(3)24-14-25(39-4)23(13-22(24)30)33-29-31-15-20(28-35-32-17-40-28)26(34-29)21-16-38-10-6-8-18-7-5-9-19(21)27(18)38/h5,7,9,13-17H,6,8,10-12,30H2,1-4H3,(H,31,33,34). The van der Waals surface area contributed by atoms with Crippen molar-refractivity contribution >= 4 is 33.9 Å². The number of ether oxygens (including phenoxy) is 1.